The van der Waals surface area contributed by atoms with Crippen LogP contribution in [0.1, 0.15) is 0 Å². The van der Waals surface area contributed by atoms with Gasteiger partial charge in [0, 0.05) is 37.0 Å². The topological polar surface area (TPSA) is 0 Å². The van der Waals surface area contributed by atoms with Crippen molar-refractivity contribution in [2.75, 3.05) is 37.0 Å². The van der Waals surface area contributed by atoms with E-state index in [2.05, 4.69) is 24.3 Å². The third-order valence-electron chi connectivity index (χ3n) is 3.20. The van der Waals surface area contributed by atoms with Gasteiger partial charge in [-0.15, -0.1) is 0 Å². The summed E-state index contributed by atoms with van der Waals surface area (Å²) in [5, 5.41) is 0. The molecule has 0 aromatic carbocycles. The summed E-state index contributed by atoms with van der Waals surface area (Å²) >= 11 is 0. The minimum absolute atomic E-state index is 1.11. The molecule has 0 nitrogen and oxygen atoms in total. The predicted molar refractivity (Wildman–Crippen MR) is 72.8 cm³/mol. The minimum atomic E-state index is -1.11. The van der Waals surface area contributed by atoms with Gasteiger partial charge in [-0.2, -0.15) is 0 Å². The van der Waals surface area contributed by atoms with E-state index in [9.17, 15) is 0 Å². The highest BCUT2D eigenvalue weighted by molar-refractivity contribution is 8.01. The first-order chi connectivity index (χ1) is 6.62. The SMILES string of the molecule is [B-][P+]1(CC[P+]2([B-])CC=CC2)CC=CC1. The van der Waals surface area contributed by atoms with Crippen molar-refractivity contribution < 1.29 is 0 Å². The van der Waals surface area contributed by atoms with Crippen molar-refractivity contribution in [1.82, 2.24) is 0 Å². The molecule has 0 aromatic heterocycles. The largest absolute Gasteiger partial charge is 0.305 e. The van der Waals surface area contributed by atoms with Crippen molar-refractivity contribution in [1.29, 1.82) is 0 Å². The molecule has 2 aliphatic rings. The molecule has 0 bridgehead atoms. The van der Waals surface area contributed by atoms with E-state index in [-0.39, 0.29) is 0 Å². The van der Waals surface area contributed by atoms with Gasteiger partial charge in [-0.25, -0.2) is 14.3 Å². The Hall–Kier alpha value is 0.470. The summed E-state index contributed by atoms with van der Waals surface area (Å²) in [5.41, 5.74) is 0. The zero-order chi connectivity index (χ0) is 10.1. The van der Waals surface area contributed by atoms with Crippen LogP contribution in [0.2, 0.25) is 0 Å². The molecule has 14 heavy (non-hydrogen) atoms. The fourth-order valence-electron chi connectivity index (χ4n) is 2.05. The first kappa shape index (κ1) is 11.0. The van der Waals surface area contributed by atoms with Crippen LogP contribution in [0.25, 0.3) is 0 Å². The molecule has 0 amide bonds. The van der Waals surface area contributed by atoms with Crippen LogP contribution < -0.4 is 0 Å². The fraction of sp³-hybridized carbons (Fsp3) is 0.600. The third kappa shape index (κ3) is 2.53. The lowest BCUT2D eigenvalue weighted by molar-refractivity contribution is 1.44. The highest BCUT2D eigenvalue weighted by atomic mass is 31.2. The van der Waals surface area contributed by atoms with Crippen molar-refractivity contribution in [3.8, 4) is 0 Å². The van der Waals surface area contributed by atoms with E-state index in [4.69, 9.17) is 15.1 Å². The van der Waals surface area contributed by atoms with Crippen LogP contribution in [0.5, 0.6) is 0 Å². The molecule has 4 heteroatoms. The van der Waals surface area contributed by atoms with Crippen molar-refractivity contribution in [2.24, 2.45) is 0 Å². The zero-order valence-corrected chi connectivity index (χ0v) is 10.4. The van der Waals surface area contributed by atoms with E-state index < -0.39 is 14.3 Å². The predicted octanol–water partition coefficient (Wildman–Crippen LogP) is 2.33. The quantitative estimate of drug-likeness (QED) is 0.388. The van der Waals surface area contributed by atoms with Crippen LogP contribution in [0, 0.1) is 0 Å². The first-order valence-electron chi connectivity index (χ1n) is 5.21. The Balaban J connectivity index is 1.82. The normalized spacial score (nSPS) is 27.3. The molecule has 0 aromatic rings. The Morgan fingerprint density at radius 1 is 0.714 bits per heavy atom. The molecule has 0 N–H and O–H groups in total. The highest BCUT2D eigenvalue weighted by Gasteiger charge is 2.25. The molecule has 2 aliphatic heterocycles. The summed E-state index contributed by atoms with van der Waals surface area (Å²) in [7, 11) is 10.6. The highest BCUT2D eigenvalue weighted by Crippen LogP contribution is 2.63. The van der Waals surface area contributed by atoms with E-state index in [0.29, 0.717) is 0 Å². The maximum absolute atomic E-state index is 6.39. The lowest BCUT2D eigenvalue weighted by Gasteiger charge is -2.38. The van der Waals surface area contributed by atoms with Gasteiger partial charge >= 0.3 is 0 Å². The summed E-state index contributed by atoms with van der Waals surface area (Å²) in [5.74, 6) is 0. The summed E-state index contributed by atoms with van der Waals surface area (Å²) in [6.45, 7) is 0. The number of allylic oxidation sites excluding steroid dienone is 4. The molecular weight excluding hydrogens is 204 g/mol. The summed E-state index contributed by atoms with van der Waals surface area (Å²) in [6, 6.07) is 0. The van der Waals surface area contributed by atoms with Gasteiger partial charge in [-0.1, -0.05) is 24.3 Å². The average Bonchev–Trinajstić information content (AvgIpc) is 2.74. The van der Waals surface area contributed by atoms with Crippen LogP contribution in [-0.4, -0.2) is 52.1 Å². The summed E-state index contributed by atoms with van der Waals surface area (Å²) in [4.78, 5) is 0. The van der Waals surface area contributed by atoms with Crippen LogP contribution in [-0.2, 0) is 0 Å². The van der Waals surface area contributed by atoms with Gasteiger partial charge in [0.2, 0.25) is 0 Å². The second-order valence-corrected chi connectivity index (χ2v) is 11.8. The van der Waals surface area contributed by atoms with Crippen LogP contribution >= 0.6 is 14.3 Å². The van der Waals surface area contributed by atoms with E-state index >= 15 is 0 Å². The average molecular weight is 220 g/mol. The first-order valence-corrected chi connectivity index (χ1v) is 10.0. The van der Waals surface area contributed by atoms with Crippen molar-refractivity contribution >= 4 is 29.4 Å². The minimum Gasteiger partial charge on any atom is -0.305 e. The molecule has 6 radical (unpaired) electrons. The van der Waals surface area contributed by atoms with Gasteiger partial charge in [0.25, 0.3) is 0 Å². The van der Waals surface area contributed by atoms with Crippen LogP contribution in [0.3, 0.4) is 0 Å². The maximum atomic E-state index is 6.39. The molecular formula is C10H16B2P2. The third-order valence-corrected chi connectivity index (χ3v) is 9.53. The molecule has 0 saturated carbocycles. The van der Waals surface area contributed by atoms with E-state index in [1.165, 1.54) is 12.3 Å². The van der Waals surface area contributed by atoms with Gasteiger partial charge in [-0.3, -0.25) is 0 Å². The van der Waals surface area contributed by atoms with Gasteiger partial charge in [-0.05, 0) is 0 Å². The Morgan fingerprint density at radius 3 is 1.29 bits per heavy atom. The van der Waals surface area contributed by atoms with Crippen LogP contribution in [0.4, 0.5) is 0 Å². The van der Waals surface area contributed by atoms with Crippen molar-refractivity contribution in [3.63, 3.8) is 0 Å². The standard InChI is InChI=1S/C10H16B2P2/c11-13(5-1-2-6-13)9-10-14(12)7-3-4-8-14/h1-4H,5-10H2. The molecule has 0 atom stereocenters. The number of hydrogen-bond acceptors (Lipinski definition) is 0. The van der Waals surface area contributed by atoms with Crippen molar-refractivity contribution in [3.05, 3.63) is 24.3 Å². The van der Waals surface area contributed by atoms with Crippen LogP contribution in [0.15, 0.2) is 24.3 Å². The summed E-state index contributed by atoms with van der Waals surface area (Å²) in [6.07, 6.45) is 16.1. The Kier molecular flexibility index (Phi) is 3.25. The second kappa shape index (κ2) is 4.15. The zero-order valence-electron chi connectivity index (χ0n) is 8.60. The lowest BCUT2D eigenvalue weighted by atomic mass is 10.6. The van der Waals surface area contributed by atoms with Gasteiger partial charge in [0.05, 0.1) is 0 Å². The number of rotatable bonds is 3. The van der Waals surface area contributed by atoms with Gasteiger partial charge in [0.1, 0.15) is 0 Å². The monoisotopic (exact) mass is 220 g/mol. The molecule has 2 rings (SSSR count). The lowest BCUT2D eigenvalue weighted by Crippen LogP contribution is -2.10. The number of hydrogen-bond donors (Lipinski definition) is 0. The Bertz CT molecular complexity index is 229. The molecule has 0 spiro atoms. The smallest absolute Gasteiger partial charge is 0.0416 e. The van der Waals surface area contributed by atoms with E-state index in [0.717, 1.165) is 24.6 Å². The van der Waals surface area contributed by atoms with Gasteiger partial charge in [0.15, 0.2) is 0 Å². The maximum Gasteiger partial charge on any atom is 0.0416 e. The molecule has 72 valence electrons. The van der Waals surface area contributed by atoms with E-state index in [1.54, 1.807) is 0 Å². The molecule has 0 aliphatic carbocycles. The molecule has 0 unspecified atom stereocenters. The van der Waals surface area contributed by atoms with Crippen molar-refractivity contribution in [2.45, 2.75) is 0 Å². The molecule has 0 fully saturated rings. The van der Waals surface area contributed by atoms with E-state index in [1.807, 2.05) is 0 Å². The molecule has 0 saturated heterocycles. The Labute approximate surface area is 91.0 Å². The molecule has 2 heterocycles. The fourth-order valence-corrected chi connectivity index (χ4v) is 8.54. The van der Waals surface area contributed by atoms with Gasteiger partial charge < -0.3 is 15.1 Å². The Morgan fingerprint density at radius 2 is 1.00 bits per heavy atom. The second-order valence-electron chi connectivity index (χ2n) is 4.56. The summed E-state index contributed by atoms with van der Waals surface area (Å²) < 4.78 is 0.